The molecule has 0 aromatic heterocycles. The molecule has 0 aliphatic heterocycles. The van der Waals surface area contributed by atoms with Gasteiger partial charge in [0.05, 0.1) is 20.7 Å². The van der Waals surface area contributed by atoms with Gasteiger partial charge in [-0.05, 0) is 47.5 Å². The predicted molar refractivity (Wildman–Crippen MR) is 108 cm³/mol. The first-order chi connectivity index (χ1) is 13.4. The SMILES string of the molecule is O=[N+]([O-])c1ccc(N=Cc2cc(Cl)c(OCc3cccc(F)c3)c(Cl)c2)cc1. The molecule has 3 rings (SSSR count). The van der Waals surface area contributed by atoms with Crippen molar-refractivity contribution in [1.29, 1.82) is 0 Å². The van der Waals surface area contributed by atoms with Crippen molar-refractivity contribution in [2.75, 3.05) is 0 Å². The van der Waals surface area contributed by atoms with Crippen LogP contribution in [0.4, 0.5) is 15.8 Å². The first kappa shape index (κ1) is 19.8. The Morgan fingerprint density at radius 3 is 2.36 bits per heavy atom. The average molecular weight is 419 g/mol. The zero-order valence-corrected chi connectivity index (χ0v) is 15.8. The Morgan fingerprint density at radius 1 is 1.07 bits per heavy atom. The van der Waals surface area contributed by atoms with Crippen LogP contribution in [0.1, 0.15) is 11.1 Å². The number of non-ortho nitro benzene ring substituents is 1. The lowest BCUT2D eigenvalue weighted by molar-refractivity contribution is -0.384. The van der Waals surface area contributed by atoms with E-state index in [0.29, 0.717) is 22.6 Å². The third-order valence-corrected chi connectivity index (χ3v) is 4.28. The monoisotopic (exact) mass is 418 g/mol. The van der Waals surface area contributed by atoms with E-state index in [1.807, 2.05) is 0 Å². The average Bonchev–Trinajstić information content (AvgIpc) is 2.66. The number of nitro groups is 1. The van der Waals surface area contributed by atoms with Gasteiger partial charge < -0.3 is 4.74 Å². The van der Waals surface area contributed by atoms with Crippen LogP contribution in [0, 0.1) is 15.9 Å². The van der Waals surface area contributed by atoms with Crippen LogP contribution in [0.2, 0.25) is 10.0 Å². The summed E-state index contributed by atoms with van der Waals surface area (Å²) in [4.78, 5) is 14.4. The molecular formula is C20H13Cl2FN2O3. The highest BCUT2D eigenvalue weighted by molar-refractivity contribution is 6.37. The van der Waals surface area contributed by atoms with Crippen molar-refractivity contribution < 1.29 is 14.1 Å². The molecular weight excluding hydrogens is 406 g/mol. The fourth-order valence-electron chi connectivity index (χ4n) is 2.38. The Balaban J connectivity index is 1.73. The molecule has 5 nitrogen and oxygen atoms in total. The van der Waals surface area contributed by atoms with Gasteiger partial charge in [0, 0.05) is 18.3 Å². The quantitative estimate of drug-likeness (QED) is 0.265. The summed E-state index contributed by atoms with van der Waals surface area (Å²) in [6.45, 7) is 0.118. The molecule has 0 unspecified atom stereocenters. The summed E-state index contributed by atoms with van der Waals surface area (Å²) in [5, 5.41) is 11.2. The predicted octanol–water partition coefficient (Wildman–Crippen LogP) is 6.37. The minimum absolute atomic E-state index is 0.00941. The molecule has 0 atom stereocenters. The van der Waals surface area contributed by atoms with Crippen LogP contribution in [-0.4, -0.2) is 11.1 Å². The lowest BCUT2D eigenvalue weighted by atomic mass is 10.2. The number of nitro benzene ring substituents is 1. The zero-order chi connectivity index (χ0) is 20.1. The van der Waals surface area contributed by atoms with E-state index in [1.54, 1.807) is 24.3 Å². The second-order valence-corrected chi connectivity index (χ2v) is 6.58. The highest BCUT2D eigenvalue weighted by Gasteiger charge is 2.10. The van der Waals surface area contributed by atoms with Gasteiger partial charge in [0.25, 0.3) is 5.69 Å². The normalized spacial score (nSPS) is 11.0. The van der Waals surface area contributed by atoms with Crippen molar-refractivity contribution in [2.24, 2.45) is 4.99 Å². The summed E-state index contributed by atoms with van der Waals surface area (Å²) < 4.78 is 18.9. The second-order valence-electron chi connectivity index (χ2n) is 5.76. The highest BCUT2D eigenvalue weighted by Crippen LogP contribution is 2.34. The second kappa shape index (κ2) is 8.82. The van der Waals surface area contributed by atoms with Gasteiger partial charge in [-0.1, -0.05) is 35.3 Å². The molecule has 0 aliphatic rings. The Kier molecular flexibility index (Phi) is 6.23. The number of rotatable bonds is 6. The number of hydrogen-bond donors (Lipinski definition) is 0. The first-order valence-electron chi connectivity index (χ1n) is 8.07. The van der Waals surface area contributed by atoms with Crippen molar-refractivity contribution in [3.05, 3.63) is 97.8 Å². The zero-order valence-electron chi connectivity index (χ0n) is 14.3. The van der Waals surface area contributed by atoms with Crippen molar-refractivity contribution in [3.63, 3.8) is 0 Å². The van der Waals surface area contributed by atoms with Crippen molar-refractivity contribution >= 4 is 40.8 Å². The van der Waals surface area contributed by atoms with Crippen LogP contribution in [0.5, 0.6) is 5.75 Å². The molecule has 0 amide bonds. The third-order valence-electron chi connectivity index (χ3n) is 3.72. The van der Waals surface area contributed by atoms with Crippen molar-refractivity contribution in [2.45, 2.75) is 6.61 Å². The molecule has 0 N–H and O–H groups in total. The molecule has 0 saturated carbocycles. The summed E-state index contributed by atoms with van der Waals surface area (Å²) in [5.41, 5.74) is 1.82. The van der Waals surface area contributed by atoms with Gasteiger partial charge in [-0.2, -0.15) is 0 Å². The van der Waals surface area contributed by atoms with E-state index in [1.165, 1.54) is 42.6 Å². The summed E-state index contributed by atoms with van der Waals surface area (Å²) in [5.74, 6) is -0.0591. The number of benzene rings is 3. The van der Waals surface area contributed by atoms with E-state index >= 15 is 0 Å². The largest absolute Gasteiger partial charge is 0.486 e. The van der Waals surface area contributed by atoms with E-state index in [-0.39, 0.29) is 28.2 Å². The van der Waals surface area contributed by atoms with Gasteiger partial charge >= 0.3 is 0 Å². The Hall–Kier alpha value is -2.96. The molecule has 3 aromatic carbocycles. The van der Waals surface area contributed by atoms with Crippen LogP contribution in [0.15, 0.2) is 65.7 Å². The number of nitrogens with zero attached hydrogens (tertiary/aromatic N) is 2. The standard InChI is InChI=1S/C20H13Cl2FN2O3/c21-18-9-14(11-24-16-4-6-17(7-5-16)25(26)27)10-19(22)20(18)28-12-13-2-1-3-15(23)8-13/h1-11H,12H2. The number of ether oxygens (including phenoxy) is 1. The Bertz CT molecular complexity index is 1020. The maximum atomic E-state index is 13.2. The van der Waals surface area contributed by atoms with Crippen molar-refractivity contribution in [1.82, 2.24) is 0 Å². The minimum Gasteiger partial charge on any atom is -0.486 e. The van der Waals surface area contributed by atoms with Crippen LogP contribution in [-0.2, 0) is 6.61 Å². The topological polar surface area (TPSA) is 64.7 Å². The molecule has 0 heterocycles. The maximum absolute atomic E-state index is 13.2. The molecule has 0 saturated heterocycles. The van der Waals surface area contributed by atoms with Gasteiger partial charge in [0.15, 0.2) is 5.75 Å². The maximum Gasteiger partial charge on any atom is 0.269 e. The molecule has 3 aromatic rings. The smallest absolute Gasteiger partial charge is 0.269 e. The molecule has 0 spiro atoms. The van der Waals surface area contributed by atoms with Crippen LogP contribution in [0.3, 0.4) is 0 Å². The fraction of sp³-hybridized carbons (Fsp3) is 0.0500. The van der Waals surface area contributed by atoms with Crippen molar-refractivity contribution in [3.8, 4) is 5.75 Å². The van der Waals surface area contributed by atoms with E-state index in [4.69, 9.17) is 27.9 Å². The lowest BCUT2D eigenvalue weighted by Crippen LogP contribution is -1.98. The summed E-state index contributed by atoms with van der Waals surface area (Å²) in [7, 11) is 0. The molecule has 28 heavy (non-hydrogen) atoms. The molecule has 8 heteroatoms. The van der Waals surface area contributed by atoms with Gasteiger partial charge in [-0.3, -0.25) is 15.1 Å². The van der Waals surface area contributed by atoms with Crippen LogP contribution < -0.4 is 4.74 Å². The third kappa shape index (κ3) is 5.06. The molecule has 142 valence electrons. The van der Waals surface area contributed by atoms with Gasteiger partial charge in [-0.15, -0.1) is 0 Å². The summed E-state index contributed by atoms with van der Waals surface area (Å²) in [6.07, 6.45) is 1.54. The van der Waals surface area contributed by atoms with Gasteiger partial charge in [0.2, 0.25) is 0 Å². The highest BCUT2D eigenvalue weighted by atomic mass is 35.5. The van der Waals surface area contributed by atoms with Gasteiger partial charge in [-0.25, -0.2) is 4.39 Å². The number of halogens is 3. The molecule has 0 fully saturated rings. The molecule has 0 radical (unpaired) electrons. The molecule has 0 bridgehead atoms. The van der Waals surface area contributed by atoms with E-state index in [9.17, 15) is 14.5 Å². The lowest BCUT2D eigenvalue weighted by Gasteiger charge is -2.11. The number of aliphatic imine (C=N–C) groups is 1. The summed E-state index contributed by atoms with van der Waals surface area (Å²) >= 11 is 12.5. The van der Waals surface area contributed by atoms with E-state index in [0.717, 1.165) is 0 Å². The van der Waals surface area contributed by atoms with Crippen LogP contribution >= 0.6 is 23.2 Å². The summed E-state index contributed by atoms with van der Waals surface area (Å²) in [6, 6.07) is 15.1. The number of hydrogen-bond acceptors (Lipinski definition) is 4. The van der Waals surface area contributed by atoms with E-state index in [2.05, 4.69) is 4.99 Å². The van der Waals surface area contributed by atoms with Crippen LogP contribution in [0.25, 0.3) is 0 Å². The van der Waals surface area contributed by atoms with E-state index < -0.39 is 4.92 Å². The van der Waals surface area contributed by atoms with Gasteiger partial charge in [0.1, 0.15) is 12.4 Å². The molecule has 0 aliphatic carbocycles. The Morgan fingerprint density at radius 2 is 1.75 bits per heavy atom. The Labute approximate surface area is 170 Å². The fourth-order valence-corrected chi connectivity index (χ4v) is 3.00. The first-order valence-corrected chi connectivity index (χ1v) is 8.83. The minimum atomic E-state index is -0.477.